The molecule has 0 aliphatic carbocycles. The molecule has 138 valence electrons. The number of hydrogen-bond acceptors (Lipinski definition) is 4. The number of rotatable bonds is 4. The third-order valence-electron chi connectivity index (χ3n) is 4.74. The van der Waals surface area contributed by atoms with Crippen molar-refractivity contribution in [1.29, 1.82) is 0 Å². The summed E-state index contributed by atoms with van der Waals surface area (Å²) in [4.78, 5) is 15.0. The van der Waals surface area contributed by atoms with Crippen molar-refractivity contribution in [2.45, 2.75) is 26.0 Å². The molecule has 0 spiro atoms. The first-order valence-corrected chi connectivity index (χ1v) is 8.74. The summed E-state index contributed by atoms with van der Waals surface area (Å²) in [5, 5.41) is 0. The molecule has 3 rings (SSSR count). The van der Waals surface area contributed by atoms with E-state index in [1.807, 2.05) is 11.8 Å². The van der Waals surface area contributed by atoms with E-state index in [1.54, 1.807) is 32.4 Å². The van der Waals surface area contributed by atoms with Gasteiger partial charge in [0.2, 0.25) is 0 Å². The molecule has 1 amide bonds. The molecule has 5 heteroatoms. The molecule has 0 radical (unpaired) electrons. The van der Waals surface area contributed by atoms with Gasteiger partial charge in [-0.15, -0.1) is 0 Å². The fourth-order valence-electron chi connectivity index (χ4n) is 3.12. The molecule has 2 aromatic carbocycles. The quantitative estimate of drug-likeness (QED) is 0.841. The lowest BCUT2D eigenvalue weighted by molar-refractivity contribution is -0.0486. The van der Waals surface area contributed by atoms with Crippen LogP contribution < -0.4 is 9.47 Å². The van der Waals surface area contributed by atoms with E-state index in [0.29, 0.717) is 30.2 Å². The normalized spacial score (nSPS) is 19.9. The Hall–Kier alpha value is -2.53. The molecule has 2 aromatic rings. The molecule has 1 heterocycles. The van der Waals surface area contributed by atoms with E-state index in [2.05, 4.69) is 31.2 Å². The SMILES string of the molecule is COc1cc(OC)cc(C(=O)N2CC(c3ccc(C)cc3)OCC2C)c1. The highest BCUT2D eigenvalue weighted by atomic mass is 16.5. The molecule has 2 atom stereocenters. The smallest absolute Gasteiger partial charge is 0.254 e. The van der Waals surface area contributed by atoms with Gasteiger partial charge >= 0.3 is 0 Å². The topological polar surface area (TPSA) is 48.0 Å². The van der Waals surface area contributed by atoms with E-state index in [0.717, 1.165) is 5.56 Å². The summed E-state index contributed by atoms with van der Waals surface area (Å²) in [5.41, 5.74) is 2.84. The van der Waals surface area contributed by atoms with Gasteiger partial charge in [0.1, 0.15) is 17.6 Å². The van der Waals surface area contributed by atoms with Crippen molar-refractivity contribution in [2.75, 3.05) is 27.4 Å². The highest BCUT2D eigenvalue weighted by molar-refractivity contribution is 5.95. The first kappa shape index (κ1) is 18.3. The summed E-state index contributed by atoms with van der Waals surface area (Å²) in [6.45, 7) is 5.08. The van der Waals surface area contributed by atoms with Gasteiger partial charge in [0.05, 0.1) is 33.4 Å². The second-order valence-electron chi connectivity index (χ2n) is 6.64. The maximum absolute atomic E-state index is 13.1. The van der Waals surface area contributed by atoms with Crippen molar-refractivity contribution in [2.24, 2.45) is 0 Å². The molecule has 0 saturated carbocycles. The summed E-state index contributed by atoms with van der Waals surface area (Å²) in [5.74, 6) is 1.16. The Labute approximate surface area is 154 Å². The molecular formula is C21H25NO4. The molecule has 0 aromatic heterocycles. The standard InChI is InChI=1S/C21H25NO4/c1-14-5-7-16(8-6-14)20-12-22(15(2)13-26-20)21(23)17-9-18(24-3)11-19(10-17)25-4/h5-11,15,20H,12-13H2,1-4H3. The summed E-state index contributed by atoms with van der Waals surface area (Å²) < 4.78 is 16.6. The fraction of sp³-hybridized carbons (Fsp3) is 0.381. The minimum atomic E-state index is -0.122. The number of carbonyl (C=O) groups excluding carboxylic acids is 1. The van der Waals surface area contributed by atoms with Crippen LogP contribution >= 0.6 is 0 Å². The van der Waals surface area contributed by atoms with Crippen LogP contribution in [0, 0.1) is 6.92 Å². The Bertz CT molecular complexity index is 750. The molecule has 26 heavy (non-hydrogen) atoms. The number of benzene rings is 2. The zero-order valence-electron chi connectivity index (χ0n) is 15.7. The summed E-state index contributed by atoms with van der Waals surface area (Å²) in [7, 11) is 3.15. The molecule has 0 bridgehead atoms. The second kappa shape index (κ2) is 7.79. The first-order chi connectivity index (χ1) is 12.5. The van der Waals surface area contributed by atoms with E-state index in [9.17, 15) is 4.79 Å². The Morgan fingerprint density at radius 3 is 2.27 bits per heavy atom. The van der Waals surface area contributed by atoms with Gasteiger partial charge in [0.15, 0.2) is 0 Å². The average Bonchev–Trinajstić information content (AvgIpc) is 2.68. The fourth-order valence-corrected chi connectivity index (χ4v) is 3.12. The largest absolute Gasteiger partial charge is 0.497 e. The Balaban J connectivity index is 1.84. The summed E-state index contributed by atoms with van der Waals surface area (Å²) >= 11 is 0. The molecular weight excluding hydrogens is 330 g/mol. The van der Waals surface area contributed by atoms with Crippen LogP contribution in [-0.2, 0) is 4.74 Å². The van der Waals surface area contributed by atoms with Crippen LogP contribution in [0.25, 0.3) is 0 Å². The van der Waals surface area contributed by atoms with Gasteiger partial charge in [0.25, 0.3) is 5.91 Å². The monoisotopic (exact) mass is 355 g/mol. The van der Waals surface area contributed by atoms with E-state index in [4.69, 9.17) is 14.2 Å². The van der Waals surface area contributed by atoms with E-state index >= 15 is 0 Å². The Morgan fingerprint density at radius 2 is 1.69 bits per heavy atom. The highest BCUT2D eigenvalue weighted by Gasteiger charge is 2.31. The highest BCUT2D eigenvalue weighted by Crippen LogP contribution is 2.28. The van der Waals surface area contributed by atoms with Crippen LogP contribution in [0.2, 0.25) is 0 Å². The Morgan fingerprint density at radius 1 is 1.08 bits per heavy atom. The maximum atomic E-state index is 13.1. The van der Waals surface area contributed by atoms with E-state index in [-0.39, 0.29) is 18.1 Å². The van der Waals surface area contributed by atoms with E-state index < -0.39 is 0 Å². The van der Waals surface area contributed by atoms with Crippen molar-refractivity contribution in [3.05, 3.63) is 59.2 Å². The lowest BCUT2D eigenvalue weighted by Crippen LogP contribution is -2.48. The van der Waals surface area contributed by atoms with Crippen molar-refractivity contribution in [3.63, 3.8) is 0 Å². The van der Waals surface area contributed by atoms with Crippen LogP contribution in [0.4, 0.5) is 0 Å². The molecule has 5 nitrogen and oxygen atoms in total. The first-order valence-electron chi connectivity index (χ1n) is 8.74. The van der Waals surface area contributed by atoms with Gasteiger partial charge in [-0.3, -0.25) is 4.79 Å². The molecule has 1 aliphatic heterocycles. The number of carbonyl (C=O) groups is 1. The number of methoxy groups -OCH3 is 2. The van der Waals surface area contributed by atoms with Crippen molar-refractivity contribution in [1.82, 2.24) is 4.90 Å². The van der Waals surface area contributed by atoms with Crippen molar-refractivity contribution in [3.8, 4) is 11.5 Å². The zero-order chi connectivity index (χ0) is 18.7. The van der Waals surface area contributed by atoms with Crippen LogP contribution in [-0.4, -0.2) is 44.2 Å². The van der Waals surface area contributed by atoms with Crippen LogP contribution in [0.5, 0.6) is 11.5 Å². The lowest BCUT2D eigenvalue weighted by atomic mass is 10.0. The second-order valence-corrected chi connectivity index (χ2v) is 6.64. The molecule has 1 fully saturated rings. The Kier molecular flexibility index (Phi) is 5.47. The molecule has 1 saturated heterocycles. The predicted molar refractivity (Wildman–Crippen MR) is 99.9 cm³/mol. The molecule has 1 aliphatic rings. The predicted octanol–water partition coefficient (Wildman–Crippen LogP) is 3.61. The summed E-state index contributed by atoms with van der Waals surface area (Å²) in [6, 6.07) is 13.5. The minimum absolute atomic E-state index is 0.00129. The van der Waals surface area contributed by atoms with Gasteiger partial charge in [-0.05, 0) is 31.5 Å². The number of hydrogen-bond donors (Lipinski definition) is 0. The average molecular weight is 355 g/mol. The number of aryl methyl sites for hydroxylation is 1. The lowest BCUT2D eigenvalue weighted by Gasteiger charge is -2.38. The van der Waals surface area contributed by atoms with Crippen molar-refractivity contribution >= 4 is 5.91 Å². The number of morpholine rings is 1. The third kappa shape index (κ3) is 3.83. The molecule has 2 unspecified atom stereocenters. The maximum Gasteiger partial charge on any atom is 0.254 e. The number of amides is 1. The number of nitrogens with zero attached hydrogens (tertiary/aromatic N) is 1. The third-order valence-corrected chi connectivity index (χ3v) is 4.74. The van der Waals surface area contributed by atoms with Gasteiger partial charge in [-0.25, -0.2) is 0 Å². The van der Waals surface area contributed by atoms with Crippen molar-refractivity contribution < 1.29 is 19.0 Å². The zero-order valence-corrected chi connectivity index (χ0v) is 15.7. The number of ether oxygens (including phenoxy) is 3. The minimum Gasteiger partial charge on any atom is -0.497 e. The van der Waals surface area contributed by atoms with Crippen LogP contribution in [0.15, 0.2) is 42.5 Å². The van der Waals surface area contributed by atoms with Crippen LogP contribution in [0.1, 0.15) is 34.5 Å². The van der Waals surface area contributed by atoms with Gasteiger partial charge in [0, 0.05) is 11.6 Å². The van der Waals surface area contributed by atoms with Gasteiger partial charge < -0.3 is 19.1 Å². The van der Waals surface area contributed by atoms with Gasteiger partial charge in [-0.1, -0.05) is 29.8 Å². The van der Waals surface area contributed by atoms with Gasteiger partial charge in [-0.2, -0.15) is 0 Å². The van der Waals surface area contributed by atoms with E-state index in [1.165, 1.54) is 5.56 Å². The summed E-state index contributed by atoms with van der Waals surface area (Å²) in [6.07, 6.45) is -0.122. The molecule has 0 N–H and O–H groups in total. The van der Waals surface area contributed by atoms with Crippen LogP contribution in [0.3, 0.4) is 0 Å².